The summed E-state index contributed by atoms with van der Waals surface area (Å²) < 4.78 is 5.02. The first kappa shape index (κ1) is 16.3. The highest BCUT2D eigenvalue weighted by molar-refractivity contribution is 6.33. The maximum absolute atomic E-state index is 12.4. The summed E-state index contributed by atoms with van der Waals surface area (Å²) in [6.07, 6.45) is 3.15. The van der Waals surface area contributed by atoms with Gasteiger partial charge in [-0.1, -0.05) is 17.7 Å². The minimum Gasteiger partial charge on any atom is -0.481 e. The van der Waals surface area contributed by atoms with Crippen LogP contribution < -0.4 is 15.2 Å². The summed E-state index contributed by atoms with van der Waals surface area (Å²) in [5, 5.41) is 6.05. The van der Waals surface area contributed by atoms with E-state index in [-0.39, 0.29) is 17.5 Å². The minimum absolute atomic E-state index is 0.0469. The molecule has 9 heteroatoms. The third-order valence-corrected chi connectivity index (χ3v) is 4.18. The van der Waals surface area contributed by atoms with Crippen LogP contribution in [0.4, 0.5) is 5.69 Å². The summed E-state index contributed by atoms with van der Waals surface area (Å²) in [6, 6.07) is 3.64. The van der Waals surface area contributed by atoms with Gasteiger partial charge in [0, 0.05) is 31.9 Å². The van der Waals surface area contributed by atoms with Crippen molar-refractivity contribution < 1.29 is 9.53 Å². The Morgan fingerprint density at radius 3 is 2.79 bits per heavy atom. The Labute approximate surface area is 143 Å². The second-order valence-electron chi connectivity index (χ2n) is 5.34. The summed E-state index contributed by atoms with van der Waals surface area (Å²) >= 11 is 6.00. The van der Waals surface area contributed by atoms with E-state index >= 15 is 0 Å². The molecule has 24 heavy (non-hydrogen) atoms. The number of amides is 1. The summed E-state index contributed by atoms with van der Waals surface area (Å²) in [4.78, 5) is 31.6. The molecular formula is C15H16ClN5O3. The number of carbonyl (C=O) groups is 1. The fraction of sp³-hybridized carbons (Fsp3) is 0.333. The van der Waals surface area contributed by atoms with E-state index < -0.39 is 5.56 Å². The van der Waals surface area contributed by atoms with Crippen molar-refractivity contribution in [1.29, 1.82) is 0 Å². The highest BCUT2D eigenvalue weighted by Crippen LogP contribution is 2.22. The van der Waals surface area contributed by atoms with Gasteiger partial charge in [-0.2, -0.15) is 5.10 Å². The first-order chi connectivity index (χ1) is 11.6. The topological polar surface area (TPSA) is 91.4 Å². The first-order valence-electron chi connectivity index (χ1n) is 7.33. The summed E-state index contributed by atoms with van der Waals surface area (Å²) in [5.41, 5.74) is 0.932. The number of anilines is 1. The number of nitrogens with one attached hydrogen (secondary N) is 1. The lowest BCUT2D eigenvalue weighted by Crippen LogP contribution is -2.50. The van der Waals surface area contributed by atoms with Crippen molar-refractivity contribution in [3.63, 3.8) is 0 Å². The molecule has 3 heterocycles. The Morgan fingerprint density at radius 2 is 2.12 bits per heavy atom. The molecule has 0 unspecified atom stereocenters. The number of methoxy groups -OCH3 is 1. The monoisotopic (exact) mass is 349 g/mol. The van der Waals surface area contributed by atoms with Crippen LogP contribution in [0.25, 0.3) is 0 Å². The minimum atomic E-state index is -0.464. The second-order valence-corrected chi connectivity index (χ2v) is 5.72. The molecule has 1 aliphatic heterocycles. The van der Waals surface area contributed by atoms with Gasteiger partial charge in [0.25, 0.3) is 5.56 Å². The maximum atomic E-state index is 12.4. The van der Waals surface area contributed by atoms with Gasteiger partial charge in [0.05, 0.1) is 25.5 Å². The number of pyridine rings is 1. The Balaban J connectivity index is 1.67. The lowest BCUT2D eigenvalue weighted by molar-refractivity contribution is -0.131. The van der Waals surface area contributed by atoms with Gasteiger partial charge >= 0.3 is 0 Å². The molecule has 0 aromatic carbocycles. The number of rotatable bonds is 4. The standard InChI is InChI=1S/C15H16ClN5O3/c1-24-12-3-2-10(6-17-12)8-21-5-4-20(9-13(21)22)11-7-18-19-15(23)14(11)16/h2-3,6-7H,4-5,8-9H2,1H3,(H,19,23). The van der Waals surface area contributed by atoms with Gasteiger partial charge in [0.1, 0.15) is 5.02 Å². The molecule has 3 rings (SSSR count). The number of carbonyl (C=O) groups excluding carboxylic acids is 1. The van der Waals surface area contributed by atoms with Crippen molar-refractivity contribution in [2.75, 3.05) is 31.6 Å². The van der Waals surface area contributed by atoms with Crippen molar-refractivity contribution in [2.24, 2.45) is 0 Å². The lowest BCUT2D eigenvalue weighted by atomic mass is 10.2. The largest absolute Gasteiger partial charge is 0.481 e. The van der Waals surface area contributed by atoms with Crippen LogP contribution in [0.2, 0.25) is 5.02 Å². The summed E-state index contributed by atoms with van der Waals surface area (Å²) in [7, 11) is 1.55. The van der Waals surface area contributed by atoms with Gasteiger partial charge in [-0.3, -0.25) is 9.59 Å². The third-order valence-electron chi connectivity index (χ3n) is 3.82. The van der Waals surface area contributed by atoms with E-state index in [1.807, 2.05) is 6.07 Å². The number of hydrogen-bond acceptors (Lipinski definition) is 6. The molecule has 0 atom stereocenters. The van der Waals surface area contributed by atoms with Gasteiger partial charge in [-0.05, 0) is 5.56 Å². The average molecular weight is 350 g/mol. The molecule has 0 aliphatic carbocycles. The average Bonchev–Trinajstić information content (AvgIpc) is 2.60. The Hall–Kier alpha value is -2.61. The Kier molecular flexibility index (Phi) is 4.66. The molecule has 8 nitrogen and oxygen atoms in total. The zero-order valence-corrected chi connectivity index (χ0v) is 13.8. The van der Waals surface area contributed by atoms with Crippen molar-refractivity contribution in [3.8, 4) is 5.88 Å². The van der Waals surface area contributed by atoms with Gasteiger partial charge < -0.3 is 14.5 Å². The molecule has 1 N–H and O–H groups in total. The zero-order valence-electron chi connectivity index (χ0n) is 13.0. The van der Waals surface area contributed by atoms with Crippen molar-refractivity contribution in [1.82, 2.24) is 20.1 Å². The maximum Gasteiger partial charge on any atom is 0.285 e. The SMILES string of the molecule is COc1ccc(CN2CCN(c3cn[nH]c(=O)c3Cl)CC2=O)cn1. The van der Waals surface area contributed by atoms with E-state index in [4.69, 9.17) is 16.3 Å². The highest BCUT2D eigenvalue weighted by Gasteiger charge is 2.26. The van der Waals surface area contributed by atoms with E-state index in [9.17, 15) is 9.59 Å². The van der Waals surface area contributed by atoms with Crippen LogP contribution in [0.15, 0.2) is 29.3 Å². The molecule has 0 saturated carbocycles. The van der Waals surface area contributed by atoms with Gasteiger partial charge in [0.2, 0.25) is 11.8 Å². The summed E-state index contributed by atoms with van der Waals surface area (Å²) in [5.74, 6) is 0.486. The number of aromatic nitrogens is 3. The Morgan fingerprint density at radius 1 is 1.29 bits per heavy atom. The molecular weight excluding hydrogens is 334 g/mol. The molecule has 0 bridgehead atoms. The van der Waals surface area contributed by atoms with E-state index in [1.165, 1.54) is 6.20 Å². The number of nitrogens with zero attached hydrogens (tertiary/aromatic N) is 4. The fourth-order valence-corrected chi connectivity index (χ4v) is 2.73. The number of aromatic amines is 1. The number of piperazine rings is 1. The number of ether oxygens (including phenoxy) is 1. The van der Waals surface area contributed by atoms with Crippen molar-refractivity contribution in [3.05, 3.63) is 45.5 Å². The quantitative estimate of drug-likeness (QED) is 0.872. The van der Waals surface area contributed by atoms with Gasteiger partial charge in [-0.15, -0.1) is 0 Å². The highest BCUT2D eigenvalue weighted by atomic mass is 35.5. The molecule has 126 valence electrons. The smallest absolute Gasteiger partial charge is 0.285 e. The molecule has 0 radical (unpaired) electrons. The van der Waals surface area contributed by atoms with Crippen LogP contribution in [-0.2, 0) is 11.3 Å². The van der Waals surface area contributed by atoms with E-state index in [0.717, 1.165) is 5.56 Å². The van der Waals surface area contributed by atoms with Crippen LogP contribution in [0.3, 0.4) is 0 Å². The number of hydrogen-bond donors (Lipinski definition) is 1. The molecule has 1 fully saturated rings. The zero-order chi connectivity index (χ0) is 17.1. The third kappa shape index (κ3) is 3.33. The molecule has 2 aromatic rings. The predicted octanol–water partition coefficient (Wildman–Crippen LogP) is 0.676. The van der Waals surface area contributed by atoms with Crippen LogP contribution in [0.1, 0.15) is 5.56 Å². The van der Waals surface area contributed by atoms with Crippen molar-refractivity contribution in [2.45, 2.75) is 6.54 Å². The number of H-pyrrole nitrogens is 1. The Bertz CT molecular complexity index is 792. The second kappa shape index (κ2) is 6.88. The van der Waals surface area contributed by atoms with Crippen LogP contribution in [0, 0.1) is 0 Å². The van der Waals surface area contributed by atoms with E-state index in [2.05, 4.69) is 15.2 Å². The van der Waals surface area contributed by atoms with Crippen molar-refractivity contribution >= 4 is 23.2 Å². The van der Waals surface area contributed by atoms with Crippen LogP contribution in [0.5, 0.6) is 5.88 Å². The van der Waals surface area contributed by atoms with E-state index in [1.54, 1.807) is 29.2 Å². The van der Waals surface area contributed by atoms with Crippen LogP contribution >= 0.6 is 11.6 Å². The lowest BCUT2D eigenvalue weighted by Gasteiger charge is -2.35. The molecule has 0 spiro atoms. The molecule has 1 amide bonds. The number of halogens is 1. The van der Waals surface area contributed by atoms with E-state index in [0.29, 0.717) is 31.2 Å². The van der Waals surface area contributed by atoms with Crippen LogP contribution in [-0.4, -0.2) is 52.7 Å². The first-order valence-corrected chi connectivity index (χ1v) is 7.71. The predicted molar refractivity (Wildman–Crippen MR) is 88.3 cm³/mol. The van der Waals surface area contributed by atoms with Gasteiger partial charge in [0.15, 0.2) is 0 Å². The molecule has 1 aliphatic rings. The fourth-order valence-electron chi connectivity index (χ4n) is 2.52. The molecule has 2 aromatic heterocycles. The molecule has 1 saturated heterocycles. The van der Waals surface area contributed by atoms with Gasteiger partial charge in [-0.25, -0.2) is 10.1 Å². The normalized spacial score (nSPS) is 14.8. The summed E-state index contributed by atoms with van der Waals surface area (Å²) in [6.45, 7) is 1.72.